The number of thiophene rings is 1. The topological polar surface area (TPSA) is 59.8 Å². The normalized spacial score (nSPS) is 11.9. The number of aromatic nitrogens is 3. The number of thioether (sulfide) groups is 1. The lowest BCUT2D eigenvalue weighted by Gasteiger charge is -2.18. The highest BCUT2D eigenvalue weighted by atomic mass is 32.2. The number of hydrogen-bond donors (Lipinski definition) is 1. The van der Waals surface area contributed by atoms with Crippen LogP contribution in [-0.4, -0.2) is 26.4 Å². The molecule has 7 heteroatoms. The van der Waals surface area contributed by atoms with Crippen molar-refractivity contribution in [3.8, 4) is 5.69 Å². The van der Waals surface area contributed by atoms with Gasteiger partial charge in [-0.05, 0) is 42.5 Å². The van der Waals surface area contributed by atoms with Crippen LogP contribution < -0.4 is 5.32 Å². The van der Waals surface area contributed by atoms with Crippen LogP contribution >= 0.6 is 23.1 Å². The van der Waals surface area contributed by atoms with Crippen molar-refractivity contribution in [1.29, 1.82) is 0 Å². The quantitative estimate of drug-likeness (QED) is 0.419. The van der Waals surface area contributed by atoms with E-state index in [4.69, 9.17) is 0 Å². The highest BCUT2D eigenvalue weighted by Gasteiger charge is 2.19. The largest absolute Gasteiger partial charge is 0.344 e. The first-order valence-corrected chi connectivity index (χ1v) is 11.5. The maximum Gasteiger partial charge on any atom is 0.231 e. The van der Waals surface area contributed by atoms with E-state index in [1.54, 1.807) is 17.7 Å². The fourth-order valence-electron chi connectivity index (χ4n) is 3.32. The van der Waals surface area contributed by atoms with Crippen LogP contribution in [-0.2, 0) is 4.79 Å². The van der Waals surface area contributed by atoms with Crippen LogP contribution in [0.5, 0.6) is 0 Å². The highest BCUT2D eigenvalue weighted by Crippen LogP contribution is 2.27. The van der Waals surface area contributed by atoms with E-state index in [0.29, 0.717) is 5.16 Å². The molecular formula is C23H22N4OS2. The monoisotopic (exact) mass is 434 g/mol. The van der Waals surface area contributed by atoms with Gasteiger partial charge in [0.05, 0.1) is 17.5 Å². The summed E-state index contributed by atoms with van der Waals surface area (Å²) >= 11 is 3.02. The molecule has 0 aliphatic rings. The number of carbonyl (C=O) groups is 1. The Hall–Kier alpha value is -2.90. The molecular weight excluding hydrogens is 412 g/mol. The smallest absolute Gasteiger partial charge is 0.231 e. The molecule has 2 aromatic carbocycles. The van der Waals surface area contributed by atoms with E-state index >= 15 is 0 Å². The average Bonchev–Trinajstić information content (AvgIpc) is 3.43. The Morgan fingerprint density at radius 1 is 1.13 bits per heavy atom. The second kappa shape index (κ2) is 9.28. The van der Waals surface area contributed by atoms with Crippen molar-refractivity contribution in [1.82, 2.24) is 20.1 Å². The molecule has 0 fully saturated rings. The molecule has 30 heavy (non-hydrogen) atoms. The molecule has 1 N–H and O–H groups in total. The average molecular weight is 435 g/mol. The van der Waals surface area contributed by atoms with Gasteiger partial charge in [0.1, 0.15) is 6.33 Å². The zero-order valence-corrected chi connectivity index (χ0v) is 18.4. The molecule has 1 amide bonds. The molecule has 0 bridgehead atoms. The van der Waals surface area contributed by atoms with Gasteiger partial charge in [-0.2, -0.15) is 0 Å². The fraction of sp³-hybridized carbons (Fsp3) is 0.174. The number of amides is 1. The molecule has 5 nitrogen and oxygen atoms in total. The Kier molecular flexibility index (Phi) is 6.30. The van der Waals surface area contributed by atoms with Crippen molar-refractivity contribution in [2.24, 2.45) is 0 Å². The van der Waals surface area contributed by atoms with E-state index in [9.17, 15) is 4.79 Å². The second-order valence-corrected chi connectivity index (χ2v) is 8.91. The van der Waals surface area contributed by atoms with Crippen LogP contribution in [0.1, 0.15) is 27.6 Å². The first-order chi connectivity index (χ1) is 14.6. The number of benzene rings is 2. The lowest BCUT2D eigenvalue weighted by atomic mass is 10.1. The van der Waals surface area contributed by atoms with Crippen molar-refractivity contribution in [3.05, 3.63) is 93.9 Å². The molecule has 4 aromatic rings. The minimum Gasteiger partial charge on any atom is -0.344 e. The molecule has 2 heterocycles. The zero-order chi connectivity index (χ0) is 20.9. The van der Waals surface area contributed by atoms with Gasteiger partial charge in [-0.3, -0.25) is 9.36 Å². The Bertz CT molecular complexity index is 1120. The molecule has 0 saturated carbocycles. The summed E-state index contributed by atoms with van der Waals surface area (Å²) in [5.41, 5.74) is 4.44. The third kappa shape index (κ3) is 4.63. The van der Waals surface area contributed by atoms with Crippen molar-refractivity contribution >= 4 is 29.0 Å². The summed E-state index contributed by atoms with van der Waals surface area (Å²) in [5, 5.41) is 14.2. The summed E-state index contributed by atoms with van der Waals surface area (Å²) in [6, 6.07) is 20.2. The summed E-state index contributed by atoms with van der Waals surface area (Å²) in [6.07, 6.45) is 1.69. The second-order valence-electron chi connectivity index (χ2n) is 6.99. The summed E-state index contributed by atoms with van der Waals surface area (Å²) in [6.45, 7) is 4.13. The molecule has 0 unspecified atom stereocenters. The van der Waals surface area contributed by atoms with Gasteiger partial charge in [-0.15, -0.1) is 21.5 Å². The lowest BCUT2D eigenvalue weighted by molar-refractivity contribution is -0.119. The first-order valence-electron chi connectivity index (χ1n) is 9.60. The Balaban J connectivity index is 1.47. The van der Waals surface area contributed by atoms with Crippen LogP contribution in [0.25, 0.3) is 5.69 Å². The number of nitrogens with zero attached hydrogens (tertiary/aromatic N) is 3. The van der Waals surface area contributed by atoms with Gasteiger partial charge in [0.2, 0.25) is 5.91 Å². The maximum atomic E-state index is 12.8. The van der Waals surface area contributed by atoms with Crippen LogP contribution in [0.4, 0.5) is 0 Å². The predicted octanol–water partition coefficient (Wildman–Crippen LogP) is 4.94. The van der Waals surface area contributed by atoms with Crippen molar-refractivity contribution in [3.63, 3.8) is 0 Å². The highest BCUT2D eigenvalue weighted by molar-refractivity contribution is 7.99. The van der Waals surface area contributed by atoms with E-state index < -0.39 is 0 Å². The molecule has 0 aliphatic carbocycles. The van der Waals surface area contributed by atoms with E-state index in [-0.39, 0.29) is 17.7 Å². The summed E-state index contributed by atoms with van der Waals surface area (Å²) in [7, 11) is 0. The Morgan fingerprint density at radius 2 is 1.97 bits per heavy atom. The number of hydrogen-bond acceptors (Lipinski definition) is 5. The third-order valence-corrected chi connectivity index (χ3v) is 6.61. The molecule has 0 spiro atoms. The van der Waals surface area contributed by atoms with E-state index in [1.807, 2.05) is 52.4 Å². The van der Waals surface area contributed by atoms with E-state index in [1.165, 1.54) is 17.3 Å². The number of aryl methyl sites for hydroxylation is 2. The molecule has 2 aromatic heterocycles. The maximum absolute atomic E-state index is 12.8. The Labute approximate surface area is 184 Å². The van der Waals surface area contributed by atoms with Gasteiger partial charge in [-0.25, -0.2) is 0 Å². The number of nitrogens with one attached hydrogen (secondary N) is 1. The summed E-state index contributed by atoms with van der Waals surface area (Å²) in [4.78, 5) is 13.9. The van der Waals surface area contributed by atoms with Crippen molar-refractivity contribution in [2.75, 3.05) is 5.75 Å². The van der Waals surface area contributed by atoms with Gasteiger partial charge in [0, 0.05) is 4.88 Å². The van der Waals surface area contributed by atoms with Gasteiger partial charge >= 0.3 is 0 Å². The predicted molar refractivity (Wildman–Crippen MR) is 122 cm³/mol. The third-order valence-electron chi connectivity index (χ3n) is 4.73. The molecule has 152 valence electrons. The fourth-order valence-corrected chi connectivity index (χ4v) is 4.85. The number of rotatable bonds is 7. The lowest BCUT2D eigenvalue weighted by Crippen LogP contribution is -2.30. The molecule has 0 aliphatic heterocycles. The van der Waals surface area contributed by atoms with Gasteiger partial charge < -0.3 is 5.32 Å². The van der Waals surface area contributed by atoms with Crippen LogP contribution in [0.3, 0.4) is 0 Å². The van der Waals surface area contributed by atoms with Crippen LogP contribution in [0, 0.1) is 13.8 Å². The van der Waals surface area contributed by atoms with Crippen molar-refractivity contribution in [2.45, 2.75) is 25.0 Å². The van der Waals surface area contributed by atoms with E-state index in [0.717, 1.165) is 21.7 Å². The zero-order valence-electron chi connectivity index (χ0n) is 16.8. The SMILES string of the molecule is Cc1ccc(-n2cnnc2SCC(=O)N[C@H](c2ccccc2)c2cccs2)c(C)c1. The molecule has 0 radical (unpaired) electrons. The van der Waals surface area contributed by atoms with Gasteiger partial charge in [0.25, 0.3) is 0 Å². The molecule has 4 rings (SSSR count). The number of carbonyl (C=O) groups excluding carboxylic acids is 1. The first kappa shape index (κ1) is 20.4. The standard InChI is InChI=1S/C23H22N4OS2/c1-16-10-11-19(17(2)13-16)27-15-24-26-23(27)30-14-21(28)25-22(20-9-6-12-29-20)18-7-4-3-5-8-18/h3-13,15,22H,14H2,1-2H3,(H,25,28)/t22-/m1/s1. The summed E-state index contributed by atoms with van der Waals surface area (Å²) in [5.74, 6) is 0.218. The van der Waals surface area contributed by atoms with E-state index in [2.05, 4.69) is 47.6 Å². The minimum absolute atomic E-state index is 0.0440. The Morgan fingerprint density at radius 3 is 2.70 bits per heavy atom. The molecule has 1 atom stereocenters. The minimum atomic E-state index is -0.156. The van der Waals surface area contributed by atoms with Crippen LogP contribution in [0.15, 0.2) is 77.5 Å². The molecule has 0 saturated heterocycles. The van der Waals surface area contributed by atoms with Gasteiger partial charge in [-0.1, -0.05) is 65.9 Å². The summed E-state index contributed by atoms with van der Waals surface area (Å²) < 4.78 is 1.93. The van der Waals surface area contributed by atoms with Crippen LogP contribution in [0.2, 0.25) is 0 Å². The van der Waals surface area contributed by atoms with Gasteiger partial charge in [0.15, 0.2) is 5.16 Å². The van der Waals surface area contributed by atoms with Crippen molar-refractivity contribution < 1.29 is 4.79 Å².